The zero-order chi connectivity index (χ0) is 42.6. The molecule has 11 aromatic carbocycles. The lowest BCUT2D eigenvalue weighted by Crippen LogP contribution is -1.98. The molecule has 0 amide bonds. The monoisotopic (exact) mass is 825 g/mol. The molecule has 0 atom stereocenters. The van der Waals surface area contributed by atoms with Crippen LogP contribution in [-0.2, 0) is 0 Å². The summed E-state index contributed by atoms with van der Waals surface area (Å²) >= 11 is 0. The maximum Gasteiger partial charge on any atom is 0.0663 e. The van der Waals surface area contributed by atoms with Gasteiger partial charge in [-0.2, -0.15) is 0 Å². The van der Waals surface area contributed by atoms with Gasteiger partial charge in [0.05, 0.1) is 33.1 Å². The lowest BCUT2D eigenvalue weighted by Gasteiger charge is -2.18. The van der Waals surface area contributed by atoms with Gasteiger partial charge < -0.3 is 13.7 Å². The molecule has 0 aliphatic carbocycles. The minimum absolute atomic E-state index is 1.12. The minimum Gasteiger partial charge on any atom is -0.308 e. The topological polar surface area (TPSA) is 14.8 Å². The third-order valence-corrected chi connectivity index (χ3v) is 13.7. The highest BCUT2D eigenvalue weighted by Gasteiger charge is 2.30. The molecule has 0 bridgehead atoms. The third-order valence-electron chi connectivity index (χ3n) is 13.7. The Morgan fingerprint density at radius 1 is 0.215 bits per heavy atom. The Morgan fingerprint density at radius 2 is 0.523 bits per heavy atom. The molecule has 3 heteroatoms. The molecule has 0 radical (unpaired) electrons. The first kappa shape index (κ1) is 35.9. The van der Waals surface area contributed by atoms with Gasteiger partial charge in [-0.15, -0.1) is 0 Å². The molecule has 0 aliphatic rings. The highest BCUT2D eigenvalue weighted by Crippen LogP contribution is 2.52. The smallest absolute Gasteiger partial charge is 0.0663 e. The highest BCUT2D eigenvalue weighted by molar-refractivity contribution is 6.41. The van der Waals surface area contributed by atoms with E-state index in [1.807, 2.05) is 0 Å². The number of para-hydroxylation sites is 5. The van der Waals surface area contributed by atoms with Gasteiger partial charge in [-0.1, -0.05) is 176 Å². The average molecular weight is 826 g/mol. The normalized spacial score (nSPS) is 12.0. The Hall–Kier alpha value is -8.66. The lowest BCUT2D eigenvalue weighted by atomic mass is 9.85. The molecule has 302 valence electrons. The van der Waals surface area contributed by atoms with Crippen molar-refractivity contribution in [1.82, 2.24) is 13.7 Å². The van der Waals surface area contributed by atoms with Crippen molar-refractivity contribution in [3.05, 3.63) is 237 Å². The average Bonchev–Trinajstić information content (AvgIpc) is 4.02. The van der Waals surface area contributed by atoms with E-state index in [4.69, 9.17) is 0 Å². The Labute approximate surface area is 374 Å². The molecule has 0 N–H and O–H groups in total. The van der Waals surface area contributed by atoms with Crippen LogP contribution in [0.2, 0.25) is 0 Å². The molecule has 3 nitrogen and oxygen atoms in total. The minimum atomic E-state index is 1.12. The Morgan fingerprint density at radius 3 is 0.938 bits per heavy atom. The fraction of sp³-hybridized carbons (Fsp3) is 0. The molecule has 3 heterocycles. The predicted molar refractivity (Wildman–Crippen MR) is 275 cm³/mol. The van der Waals surface area contributed by atoms with E-state index in [1.165, 1.54) is 109 Å². The Kier molecular flexibility index (Phi) is 7.69. The van der Waals surface area contributed by atoms with Crippen molar-refractivity contribution in [2.45, 2.75) is 0 Å². The summed E-state index contributed by atoms with van der Waals surface area (Å²) < 4.78 is 7.63. The number of fused-ring (bicyclic) bond motifs is 14. The van der Waals surface area contributed by atoms with E-state index in [2.05, 4.69) is 250 Å². The molecular weight excluding hydrogens is 787 g/mol. The van der Waals surface area contributed by atoms with Crippen molar-refractivity contribution < 1.29 is 0 Å². The molecule has 0 saturated carbocycles. The van der Waals surface area contributed by atoms with Crippen LogP contribution in [-0.4, -0.2) is 13.7 Å². The number of hydrogen-bond donors (Lipinski definition) is 0. The summed E-state index contributed by atoms with van der Waals surface area (Å²) in [6.07, 6.45) is 0. The van der Waals surface area contributed by atoms with E-state index in [1.54, 1.807) is 0 Å². The first-order chi connectivity index (χ1) is 32.3. The summed E-state index contributed by atoms with van der Waals surface area (Å²) in [4.78, 5) is 0. The highest BCUT2D eigenvalue weighted by atomic mass is 15.0. The molecule has 3 aromatic heterocycles. The summed E-state index contributed by atoms with van der Waals surface area (Å²) in [6.45, 7) is 0. The second-order valence-electron chi connectivity index (χ2n) is 17.2. The van der Waals surface area contributed by atoms with Crippen LogP contribution in [0.3, 0.4) is 0 Å². The molecule has 0 fully saturated rings. The summed E-state index contributed by atoms with van der Waals surface area (Å²) in [5, 5.41) is 12.3. The number of nitrogens with zero attached hydrogens (tertiary/aromatic N) is 3. The van der Waals surface area contributed by atoms with Gasteiger partial charge in [0.15, 0.2) is 0 Å². The van der Waals surface area contributed by atoms with E-state index < -0.39 is 0 Å². The largest absolute Gasteiger partial charge is 0.308 e. The van der Waals surface area contributed by atoms with Crippen LogP contribution >= 0.6 is 0 Å². The Bertz CT molecular complexity index is 4180. The van der Waals surface area contributed by atoms with Gasteiger partial charge in [0, 0.05) is 49.4 Å². The molecule has 0 unspecified atom stereocenters. The van der Waals surface area contributed by atoms with Crippen LogP contribution < -0.4 is 0 Å². The van der Waals surface area contributed by atoms with Crippen molar-refractivity contribution in [2.75, 3.05) is 0 Å². The van der Waals surface area contributed by atoms with Crippen LogP contribution in [0.15, 0.2) is 237 Å². The van der Waals surface area contributed by atoms with Crippen molar-refractivity contribution in [3.8, 4) is 39.3 Å². The summed E-state index contributed by atoms with van der Waals surface area (Å²) in [6, 6.07) is 87.0. The molecule has 0 spiro atoms. The van der Waals surface area contributed by atoms with Crippen LogP contribution in [0.4, 0.5) is 0 Å². The van der Waals surface area contributed by atoms with Gasteiger partial charge in [0.25, 0.3) is 0 Å². The van der Waals surface area contributed by atoms with Gasteiger partial charge in [-0.3, -0.25) is 0 Å². The number of hydrogen-bond acceptors (Lipinski definition) is 0. The molecule has 14 aromatic rings. The number of benzene rings is 11. The standard InChI is InChI=1S/C62H39N3/c1-6-22-40(23-7-1)55-45-32-16-17-33-46(45)56(41-24-8-2-9-25-41)50-39-54-51(38-49(50)55)59-61-57(47-34-18-21-37-53(47)64(61)43-28-12-4-13-29-43)60-58(62(59)65(54)44-30-14-5-15-31-44)48-35-19-20-36-52(48)63(60)42-26-10-3-11-27-42/h1-39H. The summed E-state index contributed by atoms with van der Waals surface area (Å²) in [5.41, 5.74) is 15.4. The van der Waals surface area contributed by atoms with Gasteiger partial charge in [0.1, 0.15) is 0 Å². The fourth-order valence-electron chi connectivity index (χ4n) is 11.2. The van der Waals surface area contributed by atoms with Crippen LogP contribution in [0.1, 0.15) is 0 Å². The molecule has 14 rings (SSSR count). The predicted octanol–water partition coefficient (Wildman–Crippen LogP) is 16.6. The summed E-state index contributed by atoms with van der Waals surface area (Å²) in [5.74, 6) is 0. The van der Waals surface area contributed by atoms with E-state index in [0.717, 1.165) is 17.1 Å². The first-order valence-corrected chi connectivity index (χ1v) is 22.5. The maximum atomic E-state index is 2.58. The third kappa shape index (κ3) is 5.06. The van der Waals surface area contributed by atoms with Crippen molar-refractivity contribution >= 4 is 87.0 Å². The van der Waals surface area contributed by atoms with Gasteiger partial charge in [-0.05, 0) is 104 Å². The van der Waals surface area contributed by atoms with Gasteiger partial charge >= 0.3 is 0 Å². The van der Waals surface area contributed by atoms with Gasteiger partial charge in [-0.25, -0.2) is 0 Å². The first-order valence-electron chi connectivity index (χ1n) is 22.5. The number of rotatable bonds is 5. The van der Waals surface area contributed by atoms with Crippen LogP contribution in [0.5, 0.6) is 0 Å². The van der Waals surface area contributed by atoms with Crippen molar-refractivity contribution in [3.63, 3.8) is 0 Å². The SMILES string of the molecule is c1ccc(-c2c3ccccc3c(-c3ccccc3)c3cc4c(cc23)c2c3c(c5ccccc5n3-c3ccccc3)c3c(c5ccccc5n3-c3ccccc3)c2n4-c2ccccc2)cc1. The van der Waals surface area contributed by atoms with Crippen LogP contribution in [0.25, 0.3) is 126 Å². The molecule has 65 heavy (non-hydrogen) atoms. The second-order valence-corrected chi connectivity index (χ2v) is 17.2. The molecular formula is C62H39N3. The van der Waals surface area contributed by atoms with E-state index in [9.17, 15) is 0 Å². The van der Waals surface area contributed by atoms with E-state index in [0.29, 0.717) is 0 Å². The lowest BCUT2D eigenvalue weighted by molar-refractivity contribution is 1.17. The second kappa shape index (κ2) is 13.9. The van der Waals surface area contributed by atoms with Gasteiger partial charge in [0.2, 0.25) is 0 Å². The zero-order valence-corrected chi connectivity index (χ0v) is 35.4. The quantitative estimate of drug-likeness (QED) is 0.154. The van der Waals surface area contributed by atoms with E-state index in [-0.39, 0.29) is 0 Å². The molecule has 0 aliphatic heterocycles. The Balaban J connectivity index is 1.34. The van der Waals surface area contributed by atoms with E-state index >= 15 is 0 Å². The van der Waals surface area contributed by atoms with Crippen molar-refractivity contribution in [1.29, 1.82) is 0 Å². The zero-order valence-electron chi connectivity index (χ0n) is 35.4. The van der Waals surface area contributed by atoms with Crippen molar-refractivity contribution in [2.24, 2.45) is 0 Å². The maximum absolute atomic E-state index is 2.58. The van der Waals surface area contributed by atoms with Crippen LogP contribution in [0, 0.1) is 0 Å². The molecule has 0 saturated heterocycles. The number of aromatic nitrogens is 3. The summed E-state index contributed by atoms with van der Waals surface area (Å²) in [7, 11) is 0. The fourth-order valence-corrected chi connectivity index (χ4v) is 11.2.